The van der Waals surface area contributed by atoms with Gasteiger partial charge in [0.1, 0.15) is 0 Å². The number of likely N-dealkylation sites (N-methyl/N-ethyl adjacent to an activating group) is 1. The van der Waals surface area contributed by atoms with E-state index in [1.165, 1.54) is 0 Å². The molecule has 2 aliphatic heterocycles. The van der Waals surface area contributed by atoms with Crippen molar-refractivity contribution in [1.82, 2.24) is 20.0 Å². The van der Waals surface area contributed by atoms with Crippen LogP contribution in [0.2, 0.25) is 0 Å². The highest BCUT2D eigenvalue weighted by Crippen LogP contribution is 2.29. The zero-order valence-electron chi connectivity index (χ0n) is 20.5. The van der Waals surface area contributed by atoms with Crippen molar-refractivity contribution >= 4 is 17.7 Å². The summed E-state index contributed by atoms with van der Waals surface area (Å²) in [5.74, 6) is 0.846. The summed E-state index contributed by atoms with van der Waals surface area (Å²) in [4.78, 5) is 43.3. The highest BCUT2D eigenvalue weighted by molar-refractivity contribution is 5.95. The van der Waals surface area contributed by atoms with Crippen LogP contribution >= 0.6 is 0 Å². The van der Waals surface area contributed by atoms with Crippen molar-refractivity contribution in [2.24, 2.45) is 0 Å². The topological polar surface area (TPSA) is 91.4 Å². The summed E-state index contributed by atoms with van der Waals surface area (Å²) in [7, 11) is 0. The van der Waals surface area contributed by atoms with Crippen molar-refractivity contribution in [3.05, 3.63) is 23.8 Å². The van der Waals surface area contributed by atoms with Gasteiger partial charge in [-0.3, -0.25) is 19.3 Å². The Kier molecular flexibility index (Phi) is 10.00. The second-order valence-electron chi connectivity index (χ2n) is 8.70. The van der Waals surface area contributed by atoms with E-state index in [2.05, 4.69) is 10.2 Å². The molecular weight excluding hydrogens is 436 g/mol. The van der Waals surface area contributed by atoms with E-state index in [4.69, 9.17) is 9.47 Å². The average molecular weight is 475 g/mol. The van der Waals surface area contributed by atoms with Gasteiger partial charge < -0.3 is 24.6 Å². The number of hydrogen-bond acceptors (Lipinski definition) is 6. The zero-order chi connectivity index (χ0) is 24.3. The fraction of sp³-hybridized carbons (Fsp3) is 0.640. The molecule has 0 aromatic heterocycles. The first-order valence-corrected chi connectivity index (χ1v) is 12.5. The zero-order valence-corrected chi connectivity index (χ0v) is 20.5. The Labute approximate surface area is 202 Å². The molecule has 9 nitrogen and oxygen atoms in total. The van der Waals surface area contributed by atoms with Crippen molar-refractivity contribution in [3.8, 4) is 11.5 Å². The van der Waals surface area contributed by atoms with E-state index in [0.29, 0.717) is 56.4 Å². The molecule has 2 fully saturated rings. The van der Waals surface area contributed by atoms with Crippen LogP contribution in [-0.4, -0.2) is 98.0 Å². The molecule has 9 heteroatoms. The van der Waals surface area contributed by atoms with Crippen molar-refractivity contribution in [3.63, 3.8) is 0 Å². The lowest BCUT2D eigenvalue weighted by Crippen LogP contribution is -2.40. The second kappa shape index (κ2) is 13.2. The maximum atomic E-state index is 13.2. The lowest BCUT2D eigenvalue weighted by molar-refractivity contribution is -0.134. The SMILES string of the molecule is CCNC(=O)CN1CCCN(C(=O)c2ccc(OCC(=O)N3CCCCC3)c(OCC)c2)CC1. The molecule has 0 aliphatic carbocycles. The van der Waals surface area contributed by atoms with Gasteiger partial charge in [0.15, 0.2) is 18.1 Å². The molecule has 188 valence electrons. The summed E-state index contributed by atoms with van der Waals surface area (Å²) in [6.45, 7) is 9.32. The maximum Gasteiger partial charge on any atom is 0.260 e. The third-order valence-corrected chi connectivity index (χ3v) is 6.17. The summed E-state index contributed by atoms with van der Waals surface area (Å²) < 4.78 is 11.5. The van der Waals surface area contributed by atoms with Crippen LogP contribution in [0, 0.1) is 0 Å². The molecule has 1 aromatic rings. The van der Waals surface area contributed by atoms with Crippen molar-refractivity contribution in [2.75, 3.05) is 65.6 Å². The van der Waals surface area contributed by atoms with E-state index in [-0.39, 0.29) is 24.3 Å². The second-order valence-corrected chi connectivity index (χ2v) is 8.70. The van der Waals surface area contributed by atoms with Crippen LogP contribution in [0.5, 0.6) is 11.5 Å². The first-order chi connectivity index (χ1) is 16.5. The van der Waals surface area contributed by atoms with Crippen LogP contribution in [0.3, 0.4) is 0 Å². The van der Waals surface area contributed by atoms with Gasteiger partial charge in [-0.05, 0) is 57.7 Å². The Balaban J connectivity index is 1.60. The Morgan fingerprint density at radius 1 is 0.853 bits per heavy atom. The van der Waals surface area contributed by atoms with Crippen LogP contribution in [0.1, 0.15) is 49.9 Å². The molecule has 1 aromatic carbocycles. The first kappa shape index (κ1) is 25.8. The number of carbonyl (C=O) groups excluding carboxylic acids is 3. The highest BCUT2D eigenvalue weighted by atomic mass is 16.5. The number of rotatable bonds is 9. The number of carbonyl (C=O) groups is 3. The minimum atomic E-state index is -0.0724. The largest absolute Gasteiger partial charge is 0.490 e. The summed E-state index contributed by atoms with van der Waals surface area (Å²) in [5.41, 5.74) is 0.523. The van der Waals surface area contributed by atoms with Crippen LogP contribution < -0.4 is 14.8 Å². The van der Waals surface area contributed by atoms with Crippen LogP contribution in [0.25, 0.3) is 0 Å². The number of nitrogens with one attached hydrogen (secondary N) is 1. The number of ether oxygens (including phenoxy) is 2. The molecule has 3 amide bonds. The number of likely N-dealkylation sites (tertiary alicyclic amines) is 1. The smallest absolute Gasteiger partial charge is 0.260 e. The van der Waals surface area contributed by atoms with Crippen molar-refractivity contribution in [1.29, 1.82) is 0 Å². The van der Waals surface area contributed by atoms with Gasteiger partial charge >= 0.3 is 0 Å². The molecule has 2 saturated heterocycles. The monoisotopic (exact) mass is 474 g/mol. The minimum absolute atomic E-state index is 0.0120. The molecule has 2 heterocycles. The van der Waals surface area contributed by atoms with Gasteiger partial charge in [0.25, 0.3) is 11.8 Å². The molecular formula is C25H38N4O5. The summed E-state index contributed by atoms with van der Waals surface area (Å²) in [6.07, 6.45) is 4.04. The number of nitrogens with zero attached hydrogens (tertiary/aromatic N) is 3. The van der Waals surface area contributed by atoms with Crippen LogP contribution in [0.4, 0.5) is 0 Å². The Bertz CT molecular complexity index is 841. The Morgan fingerprint density at radius 3 is 2.35 bits per heavy atom. The van der Waals surface area contributed by atoms with Crippen molar-refractivity contribution in [2.45, 2.75) is 39.5 Å². The number of amides is 3. The Hall–Kier alpha value is -2.81. The normalized spacial score (nSPS) is 17.1. The maximum absolute atomic E-state index is 13.2. The average Bonchev–Trinajstić information content (AvgIpc) is 3.09. The lowest BCUT2D eigenvalue weighted by atomic mass is 10.1. The molecule has 0 atom stereocenters. The van der Waals surface area contributed by atoms with E-state index >= 15 is 0 Å². The minimum Gasteiger partial charge on any atom is -0.490 e. The van der Waals surface area contributed by atoms with E-state index in [1.807, 2.05) is 23.6 Å². The molecule has 0 radical (unpaired) electrons. The third kappa shape index (κ3) is 7.35. The van der Waals surface area contributed by atoms with Crippen LogP contribution in [-0.2, 0) is 9.59 Å². The fourth-order valence-electron chi connectivity index (χ4n) is 4.37. The molecule has 3 rings (SSSR count). The van der Waals surface area contributed by atoms with Gasteiger partial charge in [-0.25, -0.2) is 0 Å². The Morgan fingerprint density at radius 2 is 1.62 bits per heavy atom. The lowest BCUT2D eigenvalue weighted by Gasteiger charge is -2.26. The summed E-state index contributed by atoms with van der Waals surface area (Å²) in [5, 5.41) is 2.82. The van der Waals surface area contributed by atoms with E-state index in [9.17, 15) is 14.4 Å². The third-order valence-electron chi connectivity index (χ3n) is 6.17. The summed E-state index contributed by atoms with van der Waals surface area (Å²) >= 11 is 0. The molecule has 2 aliphatic rings. The molecule has 34 heavy (non-hydrogen) atoms. The van der Waals surface area contributed by atoms with Gasteiger partial charge in [0.05, 0.1) is 13.2 Å². The number of hydrogen-bond donors (Lipinski definition) is 1. The molecule has 0 bridgehead atoms. The van der Waals surface area contributed by atoms with Gasteiger partial charge in [-0.1, -0.05) is 0 Å². The van der Waals surface area contributed by atoms with E-state index in [0.717, 1.165) is 45.3 Å². The molecule has 0 spiro atoms. The van der Waals surface area contributed by atoms with E-state index < -0.39 is 0 Å². The van der Waals surface area contributed by atoms with Gasteiger partial charge in [0.2, 0.25) is 5.91 Å². The predicted molar refractivity (Wildman–Crippen MR) is 129 cm³/mol. The van der Waals surface area contributed by atoms with Crippen molar-refractivity contribution < 1.29 is 23.9 Å². The first-order valence-electron chi connectivity index (χ1n) is 12.5. The predicted octanol–water partition coefficient (Wildman–Crippen LogP) is 1.76. The standard InChI is InChI=1S/C25H38N4O5/c1-3-26-23(30)18-27-11-8-14-29(16-15-27)25(32)20-9-10-21(22(17-20)33-4-2)34-19-24(31)28-12-6-5-7-13-28/h9-10,17H,3-8,11-16,18-19H2,1-2H3,(H,26,30). The van der Waals surface area contributed by atoms with E-state index in [1.54, 1.807) is 18.2 Å². The highest BCUT2D eigenvalue weighted by Gasteiger charge is 2.23. The van der Waals surface area contributed by atoms with Crippen LogP contribution in [0.15, 0.2) is 18.2 Å². The quantitative estimate of drug-likeness (QED) is 0.587. The summed E-state index contributed by atoms with van der Waals surface area (Å²) in [6, 6.07) is 5.13. The molecule has 1 N–H and O–H groups in total. The van der Waals surface area contributed by atoms with Gasteiger partial charge in [-0.15, -0.1) is 0 Å². The van der Waals surface area contributed by atoms with Gasteiger partial charge in [0, 0.05) is 51.4 Å². The number of piperidine rings is 1. The van der Waals surface area contributed by atoms with Gasteiger partial charge in [-0.2, -0.15) is 0 Å². The number of benzene rings is 1. The fourth-order valence-corrected chi connectivity index (χ4v) is 4.37. The molecule has 0 saturated carbocycles. The molecule has 0 unspecified atom stereocenters.